The van der Waals surface area contributed by atoms with Crippen molar-refractivity contribution in [3.05, 3.63) is 0 Å². The van der Waals surface area contributed by atoms with Gasteiger partial charge in [0, 0.05) is 13.5 Å². The lowest BCUT2D eigenvalue weighted by molar-refractivity contribution is -0.316. The first-order chi connectivity index (χ1) is 11.0. The maximum Gasteiger partial charge on any atom is 0.217 e. The van der Waals surface area contributed by atoms with E-state index in [9.17, 15) is 20.1 Å². The van der Waals surface area contributed by atoms with Crippen LogP contribution in [0.2, 0.25) is 0 Å². The first-order valence-corrected chi connectivity index (χ1v) is 7.41. The van der Waals surface area contributed by atoms with E-state index in [1.807, 2.05) is 0 Å². The summed E-state index contributed by atoms with van der Waals surface area (Å²) in [6.45, 7) is 3.28. The molecule has 0 bridgehead atoms. The number of hydrogen-bond acceptors (Lipinski definition) is 9. The van der Waals surface area contributed by atoms with Crippen molar-refractivity contribution in [3.8, 4) is 0 Å². The molecule has 10 heteroatoms. The van der Waals surface area contributed by atoms with Gasteiger partial charge in [-0.3, -0.25) is 4.79 Å². The highest BCUT2D eigenvalue weighted by atomic mass is 16.7. The molecule has 0 saturated carbocycles. The van der Waals surface area contributed by atoms with Crippen molar-refractivity contribution in [1.29, 1.82) is 0 Å². The van der Waals surface area contributed by atoms with Gasteiger partial charge in [-0.25, -0.2) is 0 Å². The van der Waals surface area contributed by atoms with E-state index in [0.717, 1.165) is 0 Å². The minimum Gasteiger partial charge on any atom is -0.388 e. The topological polar surface area (TPSA) is 153 Å². The molecule has 1 heterocycles. The summed E-state index contributed by atoms with van der Waals surface area (Å²) in [6, 6.07) is -1.00. The van der Waals surface area contributed by atoms with Gasteiger partial charge in [-0.1, -0.05) is 0 Å². The van der Waals surface area contributed by atoms with Gasteiger partial charge >= 0.3 is 0 Å². The Hall–Kier alpha value is -0.850. The molecular weight excluding hydrogens is 312 g/mol. The third kappa shape index (κ3) is 7.06. The van der Waals surface area contributed by atoms with Crippen molar-refractivity contribution in [1.82, 2.24) is 5.32 Å². The second kappa shape index (κ2) is 10.8. The Morgan fingerprint density at radius 3 is 2.30 bits per heavy atom. The number of carbonyl (C=O) groups is 1. The number of amides is 1. The van der Waals surface area contributed by atoms with Gasteiger partial charge in [-0.05, 0) is 0 Å². The third-order valence-electron chi connectivity index (χ3n) is 3.09. The molecule has 23 heavy (non-hydrogen) atoms. The monoisotopic (exact) mass is 338 g/mol. The van der Waals surface area contributed by atoms with Gasteiger partial charge in [0.05, 0.1) is 33.0 Å². The summed E-state index contributed by atoms with van der Waals surface area (Å²) in [5.74, 6) is -0.428. The highest BCUT2D eigenvalue weighted by Gasteiger charge is 2.44. The number of hydrogen-bond donors (Lipinski definition) is 5. The molecule has 0 aromatic carbocycles. The van der Waals surface area contributed by atoms with Gasteiger partial charge in [-0.15, -0.1) is 0 Å². The Morgan fingerprint density at radius 2 is 1.70 bits per heavy atom. The van der Waals surface area contributed by atoms with Crippen LogP contribution in [0.25, 0.3) is 0 Å². The SMILES string of the molecule is CC(=O)NC1C(OCCOCCOCCN)OC(O)C(O)C1O. The first kappa shape index (κ1) is 20.2. The maximum absolute atomic E-state index is 11.2. The molecule has 0 aromatic heterocycles. The molecule has 0 aromatic rings. The molecule has 1 amide bonds. The van der Waals surface area contributed by atoms with Crippen LogP contribution in [0.15, 0.2) is 0 Å². The number of aliphatic hydroxyl groups is 3. The summed E-state index contributed by atoms with van der Waals surface area (Å²) < 4.78 is 20.8. The average molecular weight is 338 g/mol. The van der Waals surface area contributed by atoms with Crippen LogP contribution in [0.4, 0.5) is 0 Å². The molecule has 1 saturated heterocycles. The molecule has 1 fully saturated rings. The lowest BCUT2D eigenvalue weighted by atomic mass is 10.0. The van der Waals surface area contributed by atoms with E-state index in [-0.39, 0.29) is 13.2 Å². The smallest absolute Gasteiger partial charge is 0.217 e. The largest absolute Gasteiger partial charge is 0.388 e. The van der Waals surface area contributed by atoms with Gasteiger partial charge in [0.25, 0.3) is 0 Å². The van der Waals surface area contributed by atoms with Crippen molar-refractivity contribution in [2.75, 3.05) is 39.6 Å². The van der Waals surface area contributed by atoms with Crippen LogP contribution < -0.4 is 11.1 Å². The molecule has 1 aliphatic heterocycles. The quantitative estimate of drug-likeness (QED) is 0.261. The number of nitrogens with one attached hydrogen (secondary N) is 1. The Balaban J connectivity index is 2.32. The number of nitrogens with two attached hydrogens (primary N) is 1. The zero-order valence-corrected chi connectivity index (χ0v) is 13.1. The highest BCUT2D eigenvalue weighted by Crippen LogP contribution is 2.20. The Morgan fingerprint density at radius 1 is 1.09 bits per heavy atom. The van der Waals surface area contributed by atoms with E-state index >= 15 is 0 Å². The minimum absolute atomic E-state index is 0.104. The molecule has 10 nitrogen and oxygen atoms in total. The van der Waals surface area contributed by atoms with Crippen molar-refractivity contribution in [2.24, 2.45) is 5.73 Å². The van der Waals surface area contributed by atoms with Crippen LogP contribution in [0.5, 0.6) is 0 Å². The summed E-state index contributed by atoms with van der Waals surface area (Å²) in [6.07, 6.45) is -5.67. The van der Waals surface area contributed by atoms with E-state index in [1.165, 1.54) is 6.92 Å². The second-order valence-corrected chi connectivity index (χ2v) is 4.99. The summed E-state index contributed by atoms with van der Waals surface area (Å²) in [4.78, 5) is 11.2. The van der Waals surface area contributed by atoms with Crippen LogP contribution in [0.3, 0.4) is 0 Å². The maximum atomic E-state index is 11.2. The van der Waals surface area contributed by atoms with Crippen LogP contribution in [0.1, 0.15) is 6.92 Å². The lowest BCUT2D eigenvalue weighted by Crippen LogP contribution is -2.64. The predicted molar refractivity (Wildman–Crippen MR) is 77.1 cm³/mol. The Kier molecular flexibility index (Phi) is 9.52. The highest BCUT2D eigenvalue weighted by molar-refractivity contribution is 5.73. The molecule has 0 radical (unpaired) electrons. The minimum atomic E-state index is -1.61. The van der Waals surface area contributed by atoms with E-state index in [0.29, 0.717) is 26.4 Å². The van der Waals surface area contributed by atoms with Crippen LogP contribution >= 0.6 is 0 Å². The van der Waals surface area contributed by atoms with Gasteiger partial charge in [0.2, 0.25) is 5.91 Å². The van der Waals surface area contributed by atoms with Crippen molar-refractivity contribution in [3.63, 3.8) is 0 Å². The number of ether oxygens (including phenoxy) is 4. The van der Waals surface area contributed by atoms with Crippen LogP contribution in [0, 0.1) is 0 Å². The fraction of sp³-hybridized carbons (Fsp3) is 0.923. The second-order valence-electron chi connectivity index (χ2n) is 4.99. The molecule has 136 valence electrons. The standard InChI is InChI=1S/C13H26N2O8/c1-8(16)15-9-10(17)11(18)12(19)23-13(9)22-7-6-21-5-4-20-3-2-14/h9-13,17-19H,2-7,14H2,1H3,(H,15,16). The summed E-state index contributed by atoms with van der Waals surface area (Å²) in [5, 5.41) is 31.4. The Labute approximate surface area is 134 Å². The fourth-order valence-corrected chi connectivity index (χ4v) is 2.00. The van der Waals surface area contributed by atoms with E-state index < -0.39 is 36.7 Å². The molecule has 1 aliphatic rings. The van der Waals surface area contributed by atoms with E-state index in [1.54, 1.807) is 0 Å². The van der Waals surface area contributed by atoms with Gasteiger partial charge in [-0.2, -0.15) is 0 Å². The number of aliphatic hydroxyl groups excluding tert-OH is 3. The molecule has 0 aliphatic carbocycles. The summed E-state index contributed by atoms with van der Waals surface area (Å²) >= 11 is 0. The third-order valence-corrected chi connectivity index (χ3v) is 3.09. The summed E-state index contributed by atoms with van der Waals surface area (Å²) in [7, 11) is 0. The van der Waals surface area contributed by atoms with Crippen LogP contribution in [-0.4, -0.2) is 91.6 Å². The predicted octanol–water partition coefficient (Wildman–Crippen LogP) is -3.10. The van der Waals surface area contributed by atoms with E-state index in [2.05, 4.69) is 5.32 Å². The molecule has 0 spiro atoms. The fourth-order valence-electron chi connectivity index (χ4n) is 2.00. The van der Waals surface area contributed by atoms with E-state index in [4.69, 9.17) is 24.7 Å². The zero-order valence-electron chi connectivity index (χ0n) is 13.1. The molecule has 6 N–H and O–H groups in total. The van der Waals surface area contributed by atoms with Gasteiger partial charge in [0.15, 0.2) is 12.6 Å². The molecule has 5 unspecified atom stereocenters. The molecule has 1 rings (SSSR count). The van der Waals surface area contributed by atoms with Gasteiger partial charge in [0.1, 0.15) is 18.2 Å². The number of rotatable bonds is 10. The average Bonchev–Trinajstić information content (AvgIpc) is 2.51. The van der Waals surface area contributed by atoms with Crippen LogP contribution in [-0.2, 0) is 23.7 Å². The van der Waals surface area contributed by atoms with Crippen molar-refractivity contribution in [2.45, 2.75) is 37.8 Å². The zero-order chi connectivity index (χ0) is 17.2. The summed E-state index contributed by atoms with van der Waals surface area (Å²) in [5.41, 5.74) is 5.26. The molecular formula is C13H26N2O8. The van der Waals surface area contributed by atoms with Crippen molar-refractivity contribution >= 4 is 5.91 Å². The molecule has 5 atom stereocenters. The normalized spacial score (nSPS) is 31.1. The Bertz CT molecular complexity index is 346. The number of carbonyl (C=O) groups excluding carboxylic acids is 1. The van der Waals surface area contributed by atoms with Crippen molar-refractivity contribution < 1.29 is 39.1 Å². The lowest BCUT2D eigenvalue weighted by Gasteiger charge is -2.40. The first-order valence-electron chi connectivity index (χ1n) is 7.41. The van der Waals surface area contributed by atoms with Gasteiger partial charge < -0.3 is 45.3 Å².